The molecule has 1 atom stereocenters. The smallest absolute Gasteiger partial charge is 0.322 e. The maximum Gasteiger partial charge on any atom is 0.322 e. The molecule has 6 heteroatoms. The summed E-state index contributed by atoms with van der Waals surface area (Å²) in [4.78, 5) is 19.0. The van der Waals surface area contributed by atoms with E-state index in [1.54, 1.807) is 4.90 Å². The van der Waals surface area contributed by atoms with Gasteiger partial charge in [0.25, 0.3) is 5.89 Å². The third-order valence-corrected chi connectivity index (χ3v) is 5.32. The molecule has 0 bridgehead atoms. The van der Waals surface area contributed by atoms with Crippen molar-refractivity contribution in [1.82, 2.24) is 20.4 Å². The first-order valence-electron chi connectivity index (χ1n) is 9.89. The van der Waals surface area contributed by atoms with E-state index in [0.29, 0.717) is 18.3 Å². The number of nitrogens with zero attached hydrogens (tertiary/aromatic N) is 3. The number of aromatic nitrogens is 2. The summed E-state index contributed by atoms with van der Waals surface area (Å²) >= 11 is 0. The largest absolute Gasteiger partial charge is 0.334 e. The summed E-state index contributed by atoms with van der Waals surface area (Å²) in [5.74, 6) is 0.949. The van der Waals surface area contributed by atoms with Gasteiger partial charge in [-0.3, -0.25) is 4.90 Å². The Kier molecular flexibility index (Phi) is 5.16. The van der Waals surface area contributed by atoms with Crippen molar-refractivity contribution < 1.29 is 9.32 Å². The van der Waals surface area contributed by atoms with Crippen molar-refractivity contribution in [3.63, 3.8) is 0 Å². The van der Waals surface area contributed by atoms with Crippen LogP contribution >= 0.6 is 0 Å². The van der Waals surface area contributed by atoms with Crippen LogP contribution in [0.1, 0.15) is 43.8 Å². The number of carbonyl (C=O) groups is 1. The number of urea groups is 1. The lowest BCUT2D eigenvalue weighted by molar-refractivity contribution is 0.207. The summed E-state index contributed by atoms with van der Waals surface area (Å²) in [5, 5.41) is 7.27. The number of carbonyl (C=O) groups excluding carboxylic acids is 1. The lowest BCUT2D eigenvalue weighted by Crippen LogP contribution is -2.45. The van der Waals surface area contributed by atoms with E-state index >= 15 is 0 Å². The Morgan fingerprint density at radius 1 is 1.07 bits per heavy atom. The lowest BCUT2D eigenvalue weighted by Gasteiger charge is -2.34. The lowest BCUT2D eigenvalue weighted by atomic mass is 9.94. The van der Waals surface area contributed by atoms with Gasteiger partial charge in [-0.15, -0.1) is 0 Å². The second-order valence-electron chi connectivity index (χ2n) is 7.01. The van der Waals surface area contributed by atoms with Crippen molar-refractivity contribution in [2.24, 2.45) is 0 Å². The van der Waals surface area contributed by atoms with Crippen LogP contribution in [-0.2, 0) is 6.42 Å². The maximum absolute atomic E-state index is 12.7. The SMILES string of the molecule is CCc1ccc(C2NC(=O)N(CC)C(C)=C2c2nc(-c3ccccc3)no2)cc1. The Labute approximate surface area is 170 Å². The van der Waals surface area contributed by atoms with Gasteiger partial charge in [0.1, 0.15) is 0 Å². The molecule has 1 aliphatic heterocycles. The summed E-state index contributed by atoms with van der Waals surface area (Å²) in [6.45, 7) is 6.55. The molecular weight excluding hydrogens is 364 g/mol. The molecular formula is C23H24N4O2. The van der Waals surface area contributed by atoms with E-state index in [-0.39, 0.29) is 12.1 Å². The molecule has 0 fully saturated rings. The summed E-state index contributed by atoms with van der Waals surface area (Å²) in [6, 6.07) is 17.5. The molecule has 6 nitrogen and oxygen atoms in total. The monoisotopic (exact) mass is 388 g/mol. The zero-order chi connectivity index (χ0) is 20.4. The van der Waals surface area contributed by atoms with Gasteiger partial charge in [0.15, 0.2) is 0 Å². The quantitative estimate of drug-likeness (QED) is 0.680. The summed E-state index contributed by atoms with van der Waals surface area (Å²) < 4.78 is 5.66. The van der Waals surface area contributed by atoms with Gasteiger partial charge in [0.05, 0.1) is 11.6 Å². The second kappa shape index (κ2) is 7.91. The van der Waals surface area contributed by atoms with E-state index < -0.39 is 0 Å². The second-order valence-corrected chi connectivity index (χ2v) is 7.01. The van der Waals surface area contributed by atoms with E-state index in [9.17, 15) is 4.79 Å². The average Bonchev–Trinajstić information content (AvgIpc) is 3.24. The first-order valence-corrected chi connectivity index (χ1v) is 9.89. The van der Waals surface area contributed by atoms with Crippen LogP contribution in [0.25, 0.3) is 17.0 Å². The predicted molar refractivity (Wildman–Crippen MR) is 112 cm³/mol. The Morgan fingerprint density at radius 3 is 2.45 bits per heavy atom. The minimum Gasteiger partial charge on any atom is -0.334 e. The van der Waals surface area contributed by atoms with Crippen LogP contribution in [0.2, 0.25) is 0 Å². The highest BCUT2D eigenvalue weighted by atomic mass is 16.5. The van der Waals surface area contributed by atoms with Crippen LogP contribution in [-0.4, -0.2) is 27.6 Å². The third-order valence-electron chi connectivity index (χ3n) is 5.32. The number of aryl methyl sites for hydroxylation is 1. The minimum atomic E-state index is -0.347. The Morgan fingerprint density at radius 2 is 1.79 bits per heavy atom. The molecule has 1 unspecified atom stereocenters. The molecule has 0 spiro atoms. The van der Waals surface area contributed by atoms with Crippen LogP contribution in [0.5, 0.6) is 0 Å². The number of rotatable bonds is 5. The molecule has 2 amide bonds. The van der Waals surface area contributed by atoms with E-state index in [1.807, 2.05) is 56.3 Å². The fourth-order valence-corrected chi connectivity index (χ4v) is 3.67. The van der Waals surface area contributed by atoms with Gasteiger partial charge in [-0.25, -0.2) is 4.79 Å². The normalized spacial score (nSPS) is 16.9. The van der Waals surface area contributed by atoms with Crippen LogP contribution in [0.15, 0.2) is 64.8 Å². The van der Waals surface area contributed by atoms with Crippen LogP contribution in [0.4, 0.5) is 4.79 Å². The zero-order valence-corrected chi connectivity index (χ0v) is 16.8. The van der Waals surface area contributed by atoms with E-state index in [0.717, 1.165) is 28.8 Å². The minimum absolute atomic E-state index is 0.124. The van der Waals surface area contributed by atoms with E-state index in [1.165, 1.54) is 5.56 Å². The van der Waals surface area contributed by atoms with Crippen LogP contribution in [0.3, 0.4) is 0 Å². The Hall–Kier alpha value is -3.41. The van der Waals surface area contributed by atoms with Crippen LogP contribution in [0, 0.1) is 0 Å². The Balaban J connectivity index is 1.80. The molecule has 2 aromatic carbocycles. The van der Waals surface area contributed by atoms with E-state index in [2.05, 4.69) is 34.5 Å². The van der Waals surface area contributed by atoms with Gasteiger partial charge in [0.2, 0.25) is 5.82 Å². The Bertz CT molecular complexity index is 1040. The van der Waals surface area contributed by atoms with Gasteiger partial charge in [-0.2, -0.15) is 4.98 Å². The highest BCUT2D eigenvalue weighted by Gasteiger charge is 2.35. The number of amides is 2. The molecule has 4 rings (SSSR count). The molecule has 148 valence electrons. The number of benzene rings is 2. The topological polar surface area (TPSA) is 71.3 Å². The first kappa shape index (κ1) is 18.9. The molecule has 2 heterocycles. The van der Waals surface area contributed by atoms with Crippen molar-refractivity contribution >= 4 is 11.6 Å². The fourth-order valence-electron chi connectivity index (χ4n) is 3.67. The van der Waals surface area contributed by atoms with Gasteiger partial charge in [-0.1, -0.05) is 66.7 Å². The number of hydrogen-bond donors (Lipinski definition) is 1. The molecule has 0 saturated carbocycles. The summed E-state index contributed by atoms with van der Waals surface area (Å²) in [5.41, 5.74) is 4.77. The van der Waals surface area contributed by atoms with Crippen LogP contribution < -0.4 is 5.32 Å². The molecule has 1 aromatic heterocycles. The maximum atomic E-state index is 12.7. The van der Waals surface area contributed by atoms with Gasteiger partial charge in [0, 0.05) is 17.8 Å². The molecule has 1 aliphatic rings. The summed E-state index contributed by atoms with van der Waals surface area (Å²) in [6.07, 6.45) is 0.965. The van der Waals surface area contributed by atoms with Crippen molar-refractivity contribution in [2.75, 3.05) is 6.54 Å². The predicted octanol–water partition coefficient (Wildman–Crippen LogP) is 4.82. The van der Waals surface area contributed by atoms with Crippen molar-refractivity contribution in [3.05, 3.63) is 77.3 Å². The third kappa shape index (κ3) is 3.53. The van der Waals surface area contributed by atoms with Crippen molar-refractivity contribution in [3.8, 4) is 11.4 Å². The summed E-state index contributed by atoms with van der Waals surface area (Å²) in [7, 11) is 0. The van der Waals surface area contributed by atoms with Gasteiger partial charge >= 0.3 is 6.03 Å². The molecule has 1 N–H and O–H groups in total. The number of hydrogen-bond acceptors (Lipinski definition) is 4. The van der Waals surface area contributed by atoms with Gasteiger partial charge in [-0.05, 0) is 31.4 Å². The first-order chi connectivity index (χ1) is 14.1. The van der Waals surface area contributed by atoms with Crippen molar-refractivity contribution in [1.29, 1.82) is 0 Å². The molecule has 0 radical (unpaired) electrons. The molecule has 0 saturated heterocycles. The standard InChI is InChI=1S/C23H24N4O2/c1-4-16-11-13-17(14-12-16)20-19(15(3)27(5-2)23(28)24-20)22-25-21(26-29-22)18-9-7-6-8-10-18/h6-14,20H,4-5H2,1-3H3,(H,24,28). The molecule has 3 aromatic rings. The fraction of sp³-hybridized carbons (Fsp3) is 0.261. The number of nitrogens with one attached hydrogen (secondary N) is 1. The van der Waals surface area contributed by atoms with E-state index in [4.69, 9.17) is 4.52 Å². The highest BCUT2D eigenvalue weighted by molar-refractivity contribution is 5.86. The molecule has 0 aliphatic carbocycles. The highest BCUT2D eigenvalue weighted by Crippen LogP contribution is 2.37. The zero-order valence-electron chi connectivity index (χ0n) is 16.8. The van der Waals surface area contributed by atoms with Crippen molar-refractivity contribution in [2.45, 2.75) is 33.2 Å². The average molecular weight is 388 g/mol. The number of allylic oxidation sites excluding steroid dienone is 1. The molecule has 29 heavy (non-hydrogen) atoms. The van der Waals surface area contributed by atoms with Gasteiger partial charge < -0.3 is 9.84 Å².